The smallest absolute Gasteiger partial charge is 0.347 e. The molecule has 0 heterocycles. The lowest BCUT2D eigenvalue weighted by molar-refractivity contribution is -0.156. The van der Waals surface area contributed by atoms with Crippen molar-refractivity contribution in [1.82, 2.24) is 0 Å². The second-order valence-corrected chi connectivity index (χ2v) is 7.36. The van der Waals surface area contributed by atoms with E-state index in [0.29, 0.717) is 0 Å². The first-order chi connectivity index (χ1) is 7.83. The summed E-state index contributed by atoms with van der Waals surface area (Å²) >= 11 is 0. The highest BCUT2D eigenvalue weighted by Crippen LogP contribution is 2.71. The van der Waals surface area contributed by atoms with E-state index < -0.39 is 44.6 Å². The molecule has 0 aliphatic carbocycles. The maximum atomic E-state index is 11.1. The lowest BCUT2D eigenvalue weighted by Crippen LogP contribution is -2.49. The van der Waals surface area contributed by atoms with Crippen LogP contribution in [0.15, 0.2) is 0 Å². The van der Waals surface area contributed by atoms with Crippen molar-refractivity contribution in [1.29, 1.82) is 0 Å². The monoisotopic (exact) mass is 308 g/mol. The highest BCUT2D eigenvalue weighted by atomic mass is 31.2. The van der Waals surface area contributed by atoms with E-state index in [0.717, 1.165) is 0 Å². The quantitative estimate of drug-likeness (QED) is 0.207. The topological polar surface area (TPSA) is 210 Å². The summed E-state index contributed by atoms with van der Waals surface area (Å²) in [6.07, 6.45) is 0. The van der Waals surface area contributed by atoms with Crippen LogP contribution < -0.4 is 0 Å². The fraction of sp³-hybridized carbons (Fsp3) is 0.600. The standard InChI is InChI=1S/C5H10O11P2/c6-1-5(17(11,12)13,18(14,15)16)2(3(7)8)4(9)10/h2,6H,1H2,(H,7,8)(H,9,10)(H2,11,12,13)(H2,14,15,16). The number of aliphatic hydroxyl groups is 1. The summed E-state index contributed by atoms with van der Waals surface area (Å²) in [4.78, 5) is 52.8. The highest BCUT2D eigenvalue weighted by molar-refractivity contribution is 7.72. The van der Waals surface area contributed by atoms with Gasteiger partial charge in [0.25, 0.3) is 0 Å². The highest BCUT2D eigenvalue weighted by Gasteiger charge is 2.69. The fourth-order valence-electron chi connectivity index (χ4n) is 1.28. The Morgan fingerprint density at radius 1 is 0.944 bits per heavy atom. The van der Waals surface area contributed by atoms with Crippen molar-refractivity contribution in [2.75, 3.05) is 6.61 Å². The number of rotatable bonds is 6. The van der Waals surface area contributed by atoms with Gasteiger partial charge >= 0.3 is 27.1 Å². The molecule has 7 N–H and O–H groups in total. The Kier molecular flexibility index (Phi) is 4.83. The van der Waals surface area contributed by atoms with Gasteiger partial charge in [0.15, 0.2) is 5.92 Å². The summed E-state index contributed by atoms with van der Waals surface area (Å²) in [6.45, 7) is -2.02. The van der Waals surface area contributed by atoms with Crippen LogP contribution in [0.25, 0.3) is 0 Å². The molecule has 0 saturated carbocycles. The summed E-state index contributed by atoms with van der Waals surface area (Å²) in [6, 6.07) is 0. The molecule has 0 bridgehead atoms. The maximum Gasteiger partial charge on any atom is 0.347 e. The van der Waals surface area contributed by atoms with E-state index in [1.54, 1.807) is 0 Å². The SMILES string of the molecule is O=C(O)C(C(=O)O)C(CO)(P(=O)(O)O)P(=O)(O)O. The Bertz CT molecular complexity index is 406. The molecule has 0 saturated heterocycles. The molecule has 0 unspecified atom stereocenters. The zero-order valence-electron chi connectivity index (χ0n) is 8.44. The number of carboxylic acid groups (broad SMARTS) is 2. The van der Waals surface area contributed by atoms with Crippen molar-refractivity contribution in [3.8, 4) is 0 Å². The Labute approximate surface area is 99.0 Å². The average molecular weight is 308 g/mol. The van der Waals surface area contributed by atoms with Gasteiger partial charge in [-0.3, -0.25) is 18.7 Å². The van der Waals surface area contributed by atoms with Crippen LogP contribution in [0.1, 0.15) is 0 Å². The molecule has 0 rings (SSSR count). The molecule has 0 radical (unpaired) electrons. The predicted octanol–water partition coefficient (Wildman–Crippen LogP) is -2.18. The summed E-state index contributed by atoms with van der Waals surface area (Å²) in [5, 5.41) is 25.9. The van der Waals surface area contributed by atoms with Crippen LogP contribution in [0.2, 0.25) is 0 Å². The lowest BCUT2D eigenvalue weighted by Gasteiger charge is -2.35. The first kappa shape index (κ1) is 17.2. The van der Waals surface area contributed by atoms with Gasteiger partial charge < -0.3 is 34.9 Å². The van der Waals surface area contributed by atoms with Crippen LogP contribution in [-0.2, 0) is 18.7 Å². The minimum absolute atomic E-state index is 2.02. The van der Waals surface area contributed by atoms with Crippen molar-refractivity contribution in [3.63, 3.8) is 0 Å². The van der Waals surface area contributed by atoms with E-state index in [-0.39, 0.29) is 0 Å². The number of carboxylic acids is 2. The molecule has 0 atom stereocenters. The first-order valence-corrected chi connectivity index (χ1v) is 7.23. The average Bonchev–Trinajstić information content (AvgIpc) is 2.07. The lowest BCUT2D eigenvalue weighted by atomic mass is 10.1. The van der Waals surface area contributed by atoms with Crippen molar-refractivity contribution >= 4 is 27.1 Å². The Morgan fingerprint density at radius 3 is 1.28 bits per heavy atom. The van der Waals surface area contributed by atoms with E-state index in [1.807, 2.05) is 0 Å². The van der Waals surface area contributed by atoms with Gasteiger partial charge in [-0.25, -0.2) is 0 Å². The van der Waals surface area contributed by atoms with Crippen LogP contribution in [0.3, 0.4) is 0 Å². The van der Waals surface area contributed by atoms with Crippen LogP contribution in [0.4, 0.5) is 0 Å². The molecule has 0 aromatic carbocycles. The van der Waals surface area contributed by atoms with Gasteiger partial charge in [0.05, 0.1) is 6.61 Å². The van der Waals surface area contributed by atoms with Gasteiger partial charge in [-0.15, -0.1) is 0 Å². The van der Waals surface area contributed by atoms with E-state index in [1.165, 1.54) is 0 Å². The van der Waals surface area contributed by atoms with Crippen LogP contribution >= 0.6 is 15.2 Å². The number of aliphatic hydroxyl groups excluding tert-OH is 1. The molecule has 0 aliphatic rings. The summed E-state index contributed by atoms with van der Waals surface area (Å²) < 4.78 is 22.2. The Morgan fingerprint density at radius 2 is 1.22 bits per heavy atom. The van der Waals surface area contributed by atoms with E-state index in [4.69, 9.17) is 34.9 Å². The predicted molar refractivity (Wildman–Crippen MR) is 52.7 cm³/mol. The summed E-state index contributed by atoms with van der Waals surface area (Å²) in [5.74, 6) is -7.98. The number of carbonyl (C=O) groups is 2. The third-order valence-corrected chi connectivity index (χ3v) is 6.58. The molecular formula is C5H10O11P2. The van der Waals surface area contributed by atoms with E-state index >= 15 is 0 Å². The van der Waals surface area contributed by atoms with Crippen LogP contribution in [0.5, 0.6) is 0 Å². The first-order valence-electron chi connectivity index (χ1n) is 4.00. The molecule has 0 fully saturated rings. The molecule has 18 heavy (non-hydrogen) atoms. The molecule has 0 aromatic rings. The third-order valence-electron chi connectivity index (χ3n) is 2.20. The Hall–Kier alpha value is -0.800. The number of hydrogen-bond acceptors (Lipinski definition) is 5. The maximum absolute atomic E-state index is 11.1. The van der Waals surface area contributed by atoms with Crippen LogP contribution in [-0.4, -0.2) is 58.3 Å². The Balaban J connectivity index is 6.40. The normalized spacial score (nSPS) is 13.7. The molecule has 0 aliphatic heterocycles. The van der Waals surface area contributed by atoms with Gasteiger partial charge in [-0.05, 0) is 0 Å². The van der Waals surface area contributed by atoms with Crippen molar-refractivity contribution in [2.45, 2.75) is 4.90 Å². The van der Waals surface area contributed by atoms with Crippen molar-refractivity contribution < 1.29 is 53.6 Å². The van der Waals surface area contributed by atoms with Gasteiger partial charge in [0, 0.05) is 0 Å². The molecule has 0 aromatic heterocycles. The van der Waals surface area contributed by atoms with Gasteiger partial charge in [-0.1, -0.05) is 0 Å². The van der Waals surface area contributed by atoms with Crippen LogP contribution in [0, 0.1) is 5.92 Å². The van der Waals surface area contributed by atoms with Crippen molar-refractivity contribution in [2.24, 2.45) is 5.92 Å². The van der Waals surface area contributed by atoms with Crippen molar-refractivity contribution in [3.05, 3.63) is 0 Å². The van der Waals surface area contributed by atoms with Gasteiger partial charge in [-0.2, -0.15) is 0 Å². The zero-order valence-corrected chi connectivity index (χ0v) is 10.2. The molecule has 106 valence electrons. The third kappa shape index (κ3) is 2.62. The van der Waals surface area contributed by atoms with E-state index in [9.17, 15) is 18.7 Å². The second-order valence-electron chi connectivity index (χ2n) is 3.23. The summed E-state index contributed by atoms with van der Waals surface area (Å²) in [5.41, 5.74) is 0. The number of hydrogen-bond donors (Lipinski definition) is 7. The van der Waals surface area contributed by atoms with E-state index in [2.05, 4.69) is 0 Å². The molecule has 0 amide bonds. The molecule has 13 heteroatoms. The number of aliphatic carboxylic acids is 2. The molecular weight excluding hydrogens is 298 g/mol. The van der Waals surface area contributed by atoms with Gasteiger partial charge in [0.1, 0.15) is 0 Å². The minimum Gasteiger partial charge on any atom is -0.481 e. The zero-order chi connectivity index (χ0) is 14.9. The minimum atomic E-state index is -5.97. The fourth-order valence-corrected chi connectivity index (χ4v) is 4.12. The molecule has 0 spiro atoms. The summed E-state index contributed by atoms with van der Waals surface area (Å²) in [7, 11) is -11.9. The second kappa shape index (κ2) is 5.06. The molecule has 11 nitrogen and oxygen atoms in total. The van der Waals surface area contributed by atoms with Gasteiger partial charge in [0.2, 0.25) is 4.90 Å². The largest absolute Gasteiger partial charge is 0.481 e.